The van der Waals surface area contributed by atoms with Crippen LogP contribution in [-0.2, 0) is 4.79 Å². The zero-order valence-electron chi connectivity index (χ0n) is 8.92. The summed E-state index contributed by atoms with van der Waals surface area (Å²) in [4.78, 5) is 11.0. The van der Waals surface area contributed by atoms with Crippen molar-refractivity contribution in [3.8, 4) is 0 Å². The Hall–Kier alpha value is -1.00. The van der Waals surface area contributed by atoms with E-state index in [2.05, 4.69) is 12.6 Å². The highest BCUT2D eigenvalue weighted by atomic mass is 32.1. The zero-order valence-corrected chi connectivity index (χ0v) is 9.82. The number of hydrogen-bond acceptors (Lipinski definition) is 3. The maximum absolute atomic E-state index is 10.0. The lowest BCUT2D eigenvalue weighted by molar-refractivity contribution is -0.139. The third kappa shape index (κ3) is 6.99. The predicted octanol–water partition coefficient (Wildman–Crippen LogP) is 2.03. The quantitative estimate of drug-likeness (QED) is 0.677. The van der Waals surface area contributed by atoms with Crippen molar-refractivity contribution >= 4 is 18.6 Å². The molecule has 0 fully saturated rings. The first-order valence-electron chi connectivity index (χ1n) is 4.67. The number of carboxylic acid groups (broad SMARTS) is 1. The van der Waals surface area contributed by atoms with Crippen LogP contribution in [0.4, 0.5) is 0 Å². The topological polar surface area (TPSA) is 63.3 Å². The van der Waals surface area contributed by atoms with Crippen molar-refractivity contribution in [3.05, 3.63) is 30.3 Å². The molecule has 0 heterocycles. The molecule has 3 nitrogen and oxygen atoms in total. The summed E-state index contributed by atoms with van der Waals surface area (Å²) in [6, 6.07) is 9.08. The summed E-state index contributed by atoms with van der Waals surface area (Å²) in [6.07, 6.45) is 0. The Bertz CT molecular complexity index is 288. The first-order chi connectivity index (χ1) is 6.95. The van der Waals surface area contributed by atoms with Crippen molar-refractivity contribution in [3.63, 3.8) is 0 Å². The third-order valence-electron chi connectivity index (χ3n) is 1.76. The molecule has 0 aliphatic heterocycles. The molecule has 4 heteroatoms. The normalized spacial score (nSPS) is 11.5. The van der Waals surface area contributed by atoms with Crippen molar-refractivity contribution < 1.29 is 9.90 Å². The van der Waals surface area contributed by atoms with E-state index in [-0.39, 0.29) is 5.92 Å². The molecule has 0 aromatic heterocycles. The number of thiol groups is 1. The minimum Gasteiger partial charge on any atom is -0.480 e. The molecule has 15 heavy (non-hydrogen) atoms. The van der Waals surface area contributed by atoms with Crippen LogP contribution in [0.15, 0.2) is 35.2 Å². The number of rotatable bonds is 2. The van der Waals surface area contributed by atoms with E-state index in [1.807, 2.05) is 30.3 Å². The van der Waals surface area contributed by atoms with Gasteiger partial charge in [0.1, 0.15) is 6.04 Å². The Morgan fingerprint density at radius 3 is 1.93 bits per heavy atom. The standard InChI is InChI=1S/C6H6S.C5H11NO2/c7-6-4-2-1-3-5-6;1-3(2)4(6)5(7)8/h1-5,7H;3-4H,6H2,1-2H3,(H,7,8)/t;4-/m.0/s1. The van der Waals surface area contributed by atoms with Gasteiger partial charge in [0.15, 0.2) is 0 Å². The van der Waals surface area contributed by atoms with Gasteiger partial charge in [0.25, 0.3) is 0 Å². The van der Waals surface area contributed by atoms with Crippen LogP contribution in [0.25, 0.3) is 0 Å². The average Bonchev–Trinajstić information content (AvgIpc) is 2.18. The van der Waals surface area contributed by atoms with Gasteiger partial charge in [-0.2, -0.15) is 0 Å². The van der Waals surface area contributed by atoms with Crippen molar-refractivity contribution in [1.82, 2.24) is 0 Å². The smallest absolute Gasteiger partial charge is 0.320 e. The Morgan fingerprint density at radius 1 is 1.33 bits per heavy atom. The lowest BCUT2D eigenvalue weighted by atomic mass is 10.1. The molecule has 0 saturated heterocycles. The molecule has 0 radical (unpaired) electrons. The van der Waals surface area contributed by atoms with E-state index in [0.717, 1.165) is 4.90 Å². The van der Waals surface area contributed by atoms with Gasteiger partial charge < -0.3 is 10.8 Å². The molecule has 1 rings (SSSR count). The van der Waals surface area contributed by atoms with Crippen LogP contribution in [0.5, 0.6) is 0 Å². The highest BCUT2D eigenvalue weighted by molar-refractivity contribution is 7.80. The molecule has 1 atom stereocenters. The second-order valence-electron chi connectivity index (χ2n) is 3.44. The van der Waals surface area contributed by atoms with E-state index in [4.69, 9.17) is 10.8 Å². The summed E-state index contributed by atoms with van der Waals surface area (Å²) in [5, 5.41) is 8.23. The summed E-state index contributed by atoms with van der Waals surface area (Å²) in [5.74, 6) is -0.910. The van der Waals surface area contributed by atoms with Crippen LogP contribution in [0.3, 0.4) is 0 Å². The molecule has 0 spiro atoms. The van der Waals surface area contributed by atoms with E-state index in [1.165, 1.54) is 0 Å². The monoisotopic (exact) mass is 227 g/mol. The second-order valence-corrected chi connectivity index (χ2v) is 3.96. The maximum atomic E-state index is 10.0. The number of benzene rings is 1. The van der Waals surface area contributed by atoms with Crippen molar-refractivity contribution in [2.45, 2.75) is 24.8 Å². The summed E-state index contributed by atoms with van der Waals surface area (Å²) < 4.78 is 0. The highest BCUT2D eigenvalue weighted by Crippen LogP contribution is 2.00. The average molecular weight is 227 g/mol. The summed E-state index contributed by atoms with van der Waals surface area (Å²) in [7, 11) is 0. The van der Waals surface area contributed by atoms with Crippen LogP contribution in [-0.4, -0.2) is 17.1 Å². The highest BCUT2D eigenvalue weighted by Gasteiger charge is 2.14. The van der Waals surface area contributed by atoms with Gasteiger partial charge >= 0.3 is 5.97 Å². The molecule has 0 unspecified atom stereocenters. The number of carbonyl (C=O) groups is 1. The maximum Gasteiger partial charge on any atom is 0.320 e. The van der Waals surface area contributed by atoms with Crippen LogP contribution < -0.4 is 5.73 Å². The van der Waals surface area contributed by atoms with E-state index in [0.29, 0.717) is 0 Å². The first kappa shape index (κ1) is 14.0. The van der Waals surface area contributed by atoms with Gasteiger partial charge in [0, 0.05) is 4.90 Å². The minimum atomic E-state index is -0.931. The van der Waals surface area contributed by atoms with Gasteiger partial charge in [-0.25, -0.2) is 0 Å². The summed E-state index contributed by atoms with van der Waals surface area (Å²) >= 11 is 4.08. The van der Waals surface area contributed by atoms with Gasteiger partial charge in [0.05, 0.1) is 0 Å². The molecule has 0 saturated carbocycles. The Kier molecular flexibility index (Phi) is 6.83. The molecule has 0 amide bonds. The zero-order chi connectivity index (χ0) is 11.8. The van der Waals surface area contributed by atoms with Gasteiger partial charge in [-0.3, -0.25) is 4.79 Å². The fourth-order valence-electron chi connectivity index (χ4n) is 0.713. The molecular formula is C11H17NO2S. The molecule has 0 aliphatic rings. The van der Waals surface area contributed by atoms with E-state index in [1.54, 1.807) is 13.8 Å². The van der Waals surface area contributed by atoms with Gasteiger partial charge in [0.2, 0.25) is 0 Å². The molecule has 0 aliphatic carbocycles. The molecule has 1 aromatic carbocycles. The van der Waals surface area contributed by atoms with E-state index < -0.39 is 12.0 Å². The predicted molar refractivity (Wildman–Crippen MR) is 64.1 cm³/mol. The van der Waals surface area contributed by atoms with Crippen LogP contribution in [0, 0.1) is 5.92 Å². The first-order valence-corrected chi connectivity index (χ1v) is 5.12. The fourth-order valence-corrected chi connectivity index (χ4v) is 0.885. The molecule has 3 N–H and O–H groups in total. The molecule has 0 bridgehead atoms. The third-order valence-corrected chi connectivity index (χ3v) is 2.06. The van der Waals surface area contributed by atoms with E-state index >= 15 is 0 Å². The number of carboxylic acids is 1. The molecular weight excluding hydrogens is 210 g/mol. The number of nitrogens with two attached hydrogens (primary N) is 1. The lowest BCUT2D eigenvalue weighted by Gasteiger charge is -2.07. The van der Waals surface area contributed by atoms with Gasteiger partial charge in [-0.05, 0) is 18.1 Å². The fraction of sp³-hybridized carbons (Fsp3) is 0.364. The van der Waals surface area contributed by atoms with Gasteiger partial charge in [-0.15, -0.1) is 12.6 Å². The van der Waals surface area contributed by atoms with Crippen LogP contribution in [0.1, 0.15) is 13.8 Å². The van der Waals surface area contributed by atoms with Crippen LogP contribution in [0.2, 0.25) is 0 Å². The van der Waals surface area contributed by atoms with Gasteiger partial charge in [-0.1, -0.05) is 32.0 Å². The van der Waals surface area contributed by atoms with Crippen molar-refractivity contribution in [1.29, 1.82) is 0 Å². The largest absolute Gasteiger partial charge is 0.480 e. The summed E-state index contributed by atoms with van der Waals surface area (Å²) in [5.41, 5.74) is 5.16. The van der Waals surface area contributed by atoms with Crippen LogP contribution >= 0.6 is 12.6 Å². The van der Waals surface area contributed by atoms with Crippen molar-refractivity contribution in [2.24, 2.45) is 11.7 Å². The second kappa shape index (κ2) is 7.31. The Morgan fingerprint density at radius 2 is 1.80 bits per heavy atom. The Labute approximate surface area is 95.7 Å². The minimum absolute atomic E-state index is 0.0208. The number of aliphatic carboxylic acids is 1. The lowest BCUT2D eigenvalue weighted by Crippen LogP contribution is -2.34. The number of hydrogen-bond donors (Lipinski definition) is 3. The Balaban J connectivity index is 0.000000262. The molecule has 84 valence electrons. The van der Waals surface area contributed by atoms with E-state index in [9.17, 15) is 4.79 Å². The molecule has 1 aromatic rings. The van der Waals surface area contributed by atoms with Crippen molar-refractivity contribution in [2.75, 3.05) is 0 Å². The SMILES string of the molecule is CC(C)[C@H](N)C(=O)O.Sc1ccccc1. The summed E-state index contributed by atoms with van der Waals surface area (Å²) in [6.45, 7) is 3.55.